The normalized spacial score (nSPS) is 11.4. The van der Waals surface area contributed by atoms with Crippen LogP contribution in [0.15, 0.2) is 48.5 Å². The van der Waals surface area contributed by atoms with E-state index >= 15 is 0 Å². The molecule has 0 aliphatic carbocycles. The average Bonchev–Trinajstić information content (AvgIpc) is 2.33. The van der Waals surface area contributed by atoms with E-state index in [-0.39, 0.29) is 17.7 Å². The van der Waals surface area contributed by atoms with Gasteiger partial charge in [-0.15, -0.1) is 0 Å². The summed E-state index contributed by atoms with van der Waals surface area (Å²) in [6.07, 6.45) is -0.0785. The second-order valence-corrected chi connectivity index (χ2v) is 4.15. The van der Waals surface area contributed by atoms with Gasteiger partial charge in [0.1, 0.15) is 0 Å². The molecule has 2 rings (SSSR count). The molecule has 2 aromatic rings. The van der Waals surface area contributed by atoms with Crippen molar-refractivity contribution in [2.24, 2.45) is 0 Å². The molecule has 0 heterocycles. The van der Waals surface area contributed by atoms with Crippen LogP contribution in [-0.2, 0) is 12.2 Å². The molecule has 4 heteroatoms. The van der Waals surface area contributed by atoms with Gasteiger partial charge < -0.3 is 20.4 Å². The van der Waals surface area contributed by atoms with Crippen molar-refractivity contribution < 1.29 is 20.4 Å². The Balaban J connectivity index is 2.33. The fraction of sp³-hybridized carbons (Fsp3) is 0.143. The minimum atomic E-state index is -2.23. The van der Waals surface area contributed by atoms with Gasteiger partial charge in [0.25, 0.3) is 0 Å². The fourth-order valence-electron chi connectivity index (χ4n) is 1.83. The molecule has 18 heavy (non-hydrogen) atoms. The number of hydrogen-bond acceptors (Lipinski definition) is 4. The summed E-state index contributed by atoms with van der Waals surface area (Å²) in [5.41, 5.74) is 0.594. The average molecular weight is 246 g/mol. The molecule has 0 aliphatic rings. The maximum atomic E-state index is 10.0. The van der Waals surface area contributed by atoms with Crippen molar-refractivity contribution in [3.8, 4) is 11.5 Å². The number of hydrogen-bond donors (Lipinski definition) is 4. The molecule has 0 saturated heterocycles. The summed E-state index contributed by atoms with van der Waals surface area (Å²) >= 11 is 0. The zero-order chi connectivity index (χ0) is 13.2. The Morgan fingerprint density at radius 2 is 1.50 bits per heavy atom. The molecule has 0 aromatic heterocycles. The van der Waals surface area contributed by atoms with Gasteiger partial charge in [-0.05, 0) is 17.7 Å². The molecule has 0 radical (unpaired) electrons. The second-order valence-electron chi connectivity index (χ2n) is 4.15. The lowest BCUT2D eigenvalue weighted by Gasteiger charge is -2.23. The van der Waals surface area contributed by atoms with Crippen molar-refractivity contribution in [2.45, 2.75) is 12.2 Å². The second kappa shape index (κ2) is 4.68. The first kappa shape index (κ1) is 12.4. The predicted octanol–water partition coefficient (Wildman–Crippen LogP) is 1.48. The molecular formula is C14H14O4. The van der Waals surface area contributed by atoms with Crippen molar-refractivity contribution >= 4 is 0 Å². The van der Waals surface area contributed by atoms with Gasteiger partial charge in [-0.1, -0.05) is 36.4 Å². The first-order valence-corrected chi connectivity index (χ1v) is 5.51. The van der Waals surface area contributed by atoms with E-state index in [0.717, 1.165) is 0 Å². The highest BCUT2D eigenvalue weighted by molar-refractivity contribution is 5.46. The topological polar surface area (TPSA) is 80.9 Å². The Morgan fingerprint density at radius 3 is 2.17 bits per heavy atom. The summed E-state index contributed by atoms with van der Waals surface area (Å²) in [5.74, 6) is -3.13. The van der Waals surface area contributed by atoms with Gasteiger partial charge in [-0.2, -0.15) is 0 Å². The molecule has 4 nitrogen and oxygen atoms in total. The van der Waals surface area contributed by atoms with Crippen LogP contribution in [0.5, 0.6) is 11.5 Å². The molecule has 0 fully saturated rings. The van der Waals surface area contributed by atoms with E-state index in [4.69, 9.17) is 0 Å². The van der Waals surface area contributed by atoms with Crippen LogP contribution in [0.3, 0.4) is 0 Å². The summed E-state index contributed by atoms with van der Waals surface area (Å²) in [7, 11) is 0. The van der Waals surface area contributed by atoms with Gasteiger partial charge in [0, 0.05) is 6.42 Å². The molecule has 0 aliphatic heterocycles. The maximum Gasteiger partial charge on any atom is 0.197 e. The van der Waals surface area contributed by atoms with Crippen LogP contribution in [0, 0.1) is 0 Å². The van der Waals surface area contributed by atoms with E-state index in [9.17, 15) is 20.4 Å². The molecule has 0 amide bonds. The third-order valence-corrected chi connectivity index (χ3v) is 2.74. The van der Waals surface area contributed by atoms with Gasteiger partial charge in [-0.3, -0.25) is 0 Å². The monoisotopic (exact) mass is 246 g/mol. The standard InChI is InChI=1S/C14H14O4/c15-12-8-4-7-11(13(12)16)14(17,18)9-10-5-2-1-3-6-10/h1-8,15-18H,9H2. The number of phenolic OH excluding ortho intramolecular Hbond substituents is 2. The lowest BCUT2D eigenvalue weighted by atomic mass is 9.97. The third-order valence-electron chi connectivity index (χ3n) is 2.74. The Morgan fingerprint density at radius 1 is 0.833 bits per heavy atom. The largest absolute Gasteiger partial charge is 0.504 e. The molecular weight excluding hydrogens is 232 g/mol. The van der Waals surface area contributed by atoms with E-state index in [1.807, 2.05) is 6.07 Å². The van der Waals surface area contributed by atoms with E-state index < -0.39 is 11.5 Å². The highest BCUT2D eigenvalue weighted by Gasteiger charge is 2.30. The third kappa shape index (κ3) is 2.45. The first-order chi connectivity index (χ1) is 8.50. The molecule has 2 aromatic carbocycles. The summed E-state index contributed by atoms with van der Waals surface area (Å²) in [4.78, 5) is 0. The Hall–Kier alpha value is -2.04. The number of para-hydroxylation sites is 1. The number of aliphatic hydroxyl groups is 2. The highest BCUT2D eigenvalue weighted by atomic mass is 16.5. The van der Waals surface area contributed by atoms with Crippen LogP contribution >= 0.6 is 0 Å². The van der Waals surface area contributed by atoms with E-state index in [2.05, 4.69) is 0 Å². The van der Waals surface area contributed by atoms with Gasteiger partial charge in [0.2, 0.25) is 0 Å². The van der Waals surface area contributed by atoms with Crippen molar-refractivity contribution in [1.29, 1.82) is 0 Å². The van der Waals surface area contributed by atoms with E-state index in [1.54, 1.807) is 24.3 Å². The molecule has 0 spiro atoms. The number of phenols is 2. The lowest BCUT2D eigenvalue weighted by Crippen LogP contribution is -2.28. The summed E-state index contributed by atoms with van der Waals surface area (Å²) in [6, 6.07) is 13.0. The van der Waals surface area contributed by atoms with Gasteiger partial charge in [-0.25, -0.2) is 0 Å². The quantitative estimate of drug-likeness (QED) is 0.488. The Labute approximate surface area is 104 Å². The molecule has 4 N–H and O–H groups in total. The minimum absolute atomic E-state index is 0.0785. The summed E-state index contributed by atoms with van der Waals surface area (Å²) < 4.78 is 0. The smallest absolute Gasteiger partial charge is 0.197 e. The molecule has 0 unspecified atom stereocenters. The van der Waals surface area contributed by atoms with Crippen molar-refractivity contribution in [2.75, 3.05) is 0 Å². The minimum Gasteiger partial charge on any atom is -0.504 e. The van der Waals surface area contributed by atoms with E-state index in [1.165, 1.54) is 18.2 Å². The molecule has 0 bridgehead atoms. The van der Waals surface area contributed by atoms with Crippen LogP contribution in [0.4, 0.5) is 0 Å². The van der Waals surface area contributed by atoms with Crippen LogP contribution in [0.2, 0.25) is 0 Å². The van der Waals surface area contributed by atoms with Gasteiger partial charge in [0.15, 0.2) is 17.3 Å². The van der Waals surface area contributed by atoms with Gasteiger partial charge >= 0.3 is 0 Å². The molecule has 94 valence electrons. The summed E-state index contributed by atoms with van der Waals surface area (Å²) in [5, 5.41) is 39.1. The van der Waals surface area contributed by atoms with Crippen LogP contribution < -0.4 is 0 Å². The highest BCUT2D eigenvalue weighted by Crippen LogP contribution is 2.36. The number of aromatic hydroxyl groups is 2. The Bertz CT molecular complexity index is 535. The predicted molar refractivity (Wildman–Crippen MR) is 66.0 cm³/mol. The zero-order valence-electron chi connectivity index (χ0n) is 9.61. The fourth-order valence-corrected chi connectivity index (χ4v) is 1.83. The van der Waals surface area contributed by atoms with Crippen LogP contribution in [0.25, 0.3) is 0 Å². The van der Waals surface area contributed by atoms with Crippen LogP contribution in [-0.4, -0.2) is 20.4 Å². The first-order valence-electron chi connectivity index (χ1n) is 5.51. The zero-order valence-corrected chi connectivity index (χ0v) is 9.61. The summed E-state index contributed by atoms with van der Waals surface area (Å²) in [6.45, 7) is 0. The van der Waals surface area contributed by atoms with Crippen molar-refractivity contribution in [3.05, 3.63) is 59.7 Å². The number of rotatable bonds is 3. The SMILES string of the molecule is Oc1cccc(C(O)(O)Cc2ccccc2)c1O. The van der Waals surface area contributed by atoms with Gasteiger partial charge in [0.05, 0.1) is 5.56 Å². The van der Waals surface area contributed by atoms with Crippen LogP contribution in [0.1, 0.15) is 11.1 Å². The number of benzene rings is 2. The van der Waals surface area contributed by atoms with Crippen molar-refractivity contribution in [1.82, 2.24) is 0 Å². The maximum absolute atomic E-state index is 10.0. The van der Waals surface area contributed by atoms with Crippen molar-refractivity contribution in [3.63, 3.8) is 0 Å². The lowest BCUT2D eigenvalue weighted by molar-refractivity contribution is -0.169. The van der Waals surface area contributed by atoms with E-state index in [0.29, 0.717) is 5.56 Å². The Kier molecular flexibility index (Phi) is 3.23. The molecule has 0 saturated carbocycles. The molecule has 0 atom stereocenters.